The molecule has 2 rings (SSSR count). The van der Waals surface area contributed by atoms with E-state index in [-0.39, 0.29) is 0 Å². The fraction of sp³-hybridized carbons (Fsp3) is 0.417. The van der Waals surface area contributed by atoms with Crippen LogP contribution in [0.1, 0.15) is 12.5 Å². The zero-order chi connectivity index (χ0) is 11.4. The third-order valence-corrected chi connectivity index (χ3v) is 2.55. The van der Waals surface area contributed by atoms with Crippen molar-refractivity contribution in [3.8, 4) is 0 Å². The maximum atomic E-state index is 5.16. The van der Waals surface area contributed by atoms with E-state index < -0.39 is 0 Å². The van der Waals surface area contributed by atoms with E-state index in [9.17, 15) is 0 Å². The molecular weight excluding hydrogens is 202 g/mol. The van der Waals surface area contributed by atoms with Crippen LogP contribution in [0.3, 0.4) is 0 Å². The molecule has 0 saturated carbocycles. The van der Waals surface area contributed by atoms with E-state index in [0.717, 1.165) is 18.7 Å². The molecule has 0 aliphatic heterocycles. The van der Waals surface area contributed by atoms with Gasteiger partial charge in [-0.3, -0.25) is 0 Å². The molecule has 16 heavy (non-hydrogen) atoms. The Hall–Kier alpha value is -1.39. The Bertz CT molecular complexity index is 464. The smallest absolute Gasteiger partial charge is 0.142 e. The highest BCUT2D eigenvalue weighted by Crippen LogP contribution is 2.19. The molecule has 0 amide bonds. The van der Waals surface area contributed by atoms with Gasteiger partial charge in [0.2, 0.25) is 0 Å². The molecule has 4 nitrogen and oxygen atoms in total. The summed E-state index contributed by atoms with van der Waals surface area (Å²) in [5.41, 5.74) is 2.25. The maximum Gasteiger partial charge on any atom is 0.142 e. The Balaban J connectivity index is 2.40. The standard InChI is InChI=1S/C12H17N3O/c1-3-13-7-10-8-15(9-16-2)12-11(10)5-4-6-14-12/h4-6,8,13H,3,7,9H2,1-2H3. The number of nitrogens with one attached hydrogen (secondary N) is 1. The molecule has 2 heterocycles. The van der Waals surface area contributed by atoms with Gasteiger partial charge in [-0.25, -0.2) is 4.98 Å². The van der Waals surface area contributed by atoms with Crippen molar-refractivity contribution in [2.45, 2.75) is 20.2 Å². The molecule has 0 bridgehead atoms. The number of nitrogens with zero attached hydrogens (tertiary/aromatic N) is 2. The van der Waals surface area contributed by atoms with Gasteiger partial charge in [0.05, 0.1) is 0 Å². The summed E-state index contributed by atoms with van der Waals surface area (Å²) in [7, 11) is 1.69. The Morgan fingerprint density at radius 2 is 2.38 bits per heavy atom. The Labute approximate surface area is 95.2 Å². The van der Waals surface area contributed by atoms with E-state index in [2.05, 4.69) is 29.5 Å². The molecule has 0 saturated heterocycles. The fourth-order valence-corrected chi connectivity index (χ4v) is 1.83. The van der Waals surface area contributed by atoms with Crippen molar-refractivity contribution in [3.63, 3.8) is 0 Å². The minimum absolute atomic E-state index is 0.541. The SMILES string of the molecule is CCNCc1cn(COC)c2ncccc12. The lowest BCUT2D eigenvalue weighted by molar-refractivity contribution is 0.134. The number of methoxy groups -OCH3 is 1. The lowest BCUT2D eigenvalue weighted by Crippen LogP contribution is -2.11. The van der Waals surface area contributed by atoms with Gasteiger partial charge in [-0.15, -0.1) is 0 Å². The summed E-state index contributed by atoms with van der Waals surface area (Å²) in [6.07, 6.45) is 3.91. The van der Waals surface area contributed by atoms with Crippen LogP contribution in [0.5, 0.6) is 0 Å². The van der Waals surface area contributed by atoms with Crippen LogP contribution in [0.4, 0.5) is 0 Å². The summed E-state index contributed by atoms with van der Waals surface area (Å²) in [6.45, 7) is 4.48. The molecule has 0 unspecified atom stereocenters. The molecule has 4 heteroatoms. The molecule has 0 aromatic carbocycles. The van der Waals surface area contributed by atoms with Crippen molar-refractivity contribution in [2.75, 3.05) is 13.7 Å². The third kappa shape index (κ3) is 2.08. The van der Waals surface area contributed by atoms with E-state index in [1.165, 1.54) is 10.9 Å². The van der Waals surface area contributed by atoms with E-state index in [1.54, 1.807) is 7.11 Å². The summed E-state index contributed by atoms with van der Waals surface area (Å²) in [5.74, 6) is 0. The quantitative estimate of drug-likeness (QED) is 0.832. The Morgan fingerprint density at radius 3 is 3.12 bits per heavy atom. The van der Waals surface area contributed by atoms with Crippen molar-refractivity contribution in [3.05, 3.63) is 30.1 Å². The predicted octanol–water partition coefficient (Wildman–Crippen LogP) is 1.75. The molecule has 0 atom stereocenters. The number of fused-ring (bicyclic) bond motifs is 1. The molecule has 0 aliphatic carbocycles. The summed E-state index contributed by atoms with van der Waals surface area (Å²) in [5, 5.41) is 4.53. The number of pyridine rings is 1. The molecule has 0 spiro atoms. The lowest BCUT2D eigenvalue weighted by atomic mass is 10.2. The number of aromatic nitrogens is 2. The Morgan fingerprint density at radius 1 is 1.50 bits per heavy atom. The summed E-state index contributed by atoms with van der Waals surface area (Å²) < 4.78 is 7.19. The van der Waals surface area contributed by atoms with Crippen LogP contribution >= 0.6 is 0 Å². The third-order valence-electron chi connectivity index (χ3n) is 2.55. The summed E-state index contributed by atoms with van der Waals surface area (Å²) >= 11 is 0. The van der Waals surface area contributed by atoms with Crippen molar-refractivity contribution in [1.29, 1.82) is 0 Å². The van der Waals surface area contributed by atoms with Crippen molar-refractivity contribution in [2.24, 2.45) is 0 Å². The van der Waals surface area contributed by atoms with Crippen molar-refractivity contribution < 1.29 is 4.74 Å². The van der Waals surface area contributed by atoms with Gasteiger partial charge in [0.1, 0.15) is 12.4 Å². The second-order valence-electron chi connectivity index (χ2n) is 3.70. The van der Waals surface area contributed by atoms with Gasteiger partial charge in [-0.05, 0) is 24.2 Å². The topological polar surface area (TPSA) is 39.1 Å². The number of hydrogen-bond acceptors (Lipinski definition) is 3. The summed E-state index contributed by atoms with van der Waals surface area (Å²) in [4.78, 5) is 4.38. The van der Waals surface area contributed by atoms with Crippen LogP contribution in [0.2, 0.25) is 0 Å². The average molecular weight is 219 g/mol. The van der Waals surface area contributed by atoms with E-state index >= 15 is 0 Å². The molecule has 86 valence electrons. The fourth-order valence-electron chi connectivity index (χ4n) is 1.83. The average Bonchev–Trinajstić information content (AvgIpc) is 2.66. The van der Waals surface area contributed by atoms with Crippen LogP contribution in [-0.4, -0.2) is 23.2 Å². The van der Waals surface area contributed by atoms with Gasteiger partial charge in [-0.1, -0.05) is 6.92 Å². The van der Waals surface area contributed by atoms with Crippen LogP contribution in [0.15, 0.2) is 24.5 Å². The van der Waals surface area contributed by atoms with Gasteiger partial charge >= 0.3 is 0 Å². The highest BCUT2D eigenvalue weighted by atomic mass is 16.5. The van der Waals surface area contributed by atoms with Crippen LogP contribution in [0.25, 0.3) is 11.0 Å². The van der Waals surface area contributed by atoms with Crippen LogP contribution in [0, 0.1) is 0 Å². The normalized spacial score (nSPS) is 11.1. The van der Waals surface area contributed by atoms with E-state index in [4.69, 9.17) is 4.74 Å². The number of rotatable bonds is 5. The van der Waals surface area contributed by atoms with Gasteiger partial charge in [0.15, 0.2) is 0 Å². The van der Waals surface area contributed by atoms with Crippen molar-refractivity contribution >= 4 is 11.0 Å². The zero-order valence-corrected chi connectivity index (χ0v) is 9.73. The van der Waals surface area contributed by atoms with E-state index in [0.29, 0.717) is 6.73 Å². The second kappa shape index (κ2) is 5.09. The van der Waals surface area contributed by atoms with Gasteiger partial charge < -0.3 is 14.6 Å². The Kier molecular flexibility index (Phi) is 3.54. The monoisotopic (exact) mass is 219 g/mol. The highest BCUT2D eigenvalue weighted by Gasteiger charge is 2.07. The van der Waals surface area contributed by atoms with Gasteiger partial charge in [0, 0.05) is 31.4 Å². The van der Waals surface area contributed by atoms with Gasteiger partial charge in [-0.2, -0.15) is 0 Å². The molecular formula is C12H17N3O. The van der Waals surface area contributed by atoms with Crippen LogP contribution < -0.4 is 5.32 Å². The minimum atomic E-state index is 0.541. The van der Waals surface area contributed by atoms with Crippen molar-refractivity contribution in [1.82, 2.24) is 14.9 Å². The number of hydrogen-bond donors (Lipinski definition) is 1. The predicted molar refractivity (Wildman–Crippen MR) is 64.1 cm³/mol. The molecule has 2 aromatic heterocycles. The van der Waals surface area contributed by atoms with Crippen LogP contribution in [-0.2, 0) is 18.0 Å². The van der Waals surface area contributed by atoms with Gasteiger partial charge in [0.25, 0.3) is 0 Å². The first-order chi connectivity index (χ1) is 7.86. The largest absolute Gasteiger partial charge is 0.364 e. The molecule has 2 aromatic rings. The minimum Gasteiger partial charge on any atom is -0.364 e. The maximum absolute atomic E-state index is 5.16. The molecule has 0 radical (unpaired) electrons. The lowest BCUT2D eigenvalue weighted by Gasteiger charge is -2.00. The number of ether oxygens (including phenoxy) is 1. The second-order valence-corrected chi connectivity index (χ2v) is 3.70. The summed E-state index contributed by atoms with van der Waals surface area (Å²) in [6, 6.07) is 4.07. The highest BCUT2D eigenvalue weighted by molar-refractivity contribution is 5.80. The zero-order valence-electron chi connectivity index (χ0n) is 9.73. The first-order valence-corrected chi connectivity index (χ1v) is 5.49. The molecule has 0 aliphatic rings. The molecule has 0 fully saturated rings. The molecule has 1 N–H and O–H groups in total. The first-order valence-electron chi connectivity index (χ1n) is 5.49. The van der Waals surface area contributed by atoms with E-state index in [1.807, 2.05) is 16.8 Å². The first kappa shape index (κ1) is 11.1.